The van der Waals surface area contributed by atoms with Crippen molar-refractivity contribution < 1.29 is 14.2 Å². The fraction of sp³-hybridized carbons (Fsp3) is 0.360. The molecule has 3 heterocycles. The first kappa shape index (κ1) is 22.9. The summed E-state index contributed by atoms with van der Waals surface area (Å²) < 4.78 is 20.1. The van der Waals surface area contributed by atoms with Gasteiger partial charge in [-0.15, -0.1) is 0 Å². The number of methoxy groups -OCH3 is 1. The maximum absolute atomic E-state index is 13.5. The van der Waals surface area contributed by atoms with Crippen LogP contribution in [0.5, 0.6) is 5.75 Å². The number of nitrogens with zero attached hydrogens (tertiary/aromatic N) is 4. The van der Waals surface area contributed by atoms with Crippen molar-refractivity contribution >= 4 is 5.69 Å². The predicted molar refractivity (Wildman–Crippen MR) is 125 cm³/mol. The second kappa shape index (κ2) is 10.1. The van der Waals surface area contributed by atoms with E-state index in [1.807, 2.05) is 18.2 Å². The number of ether oxygens (including phenoxy) is 1. The molecule has 0 spiro atoms. The summed E-state index contributed by atoms with van der Waals surface area (Å²) in [6.07, 6.45) is 1.70. The number of pyridine rings is 2. The molecule has 7 nitrogen and oxygen atoms in total. The van der Waals surface area contributed by atoms with Gasteiger partial charge in [0, 0.05) is 57.4 Å². The summed E-state index contributed by atoms with van der Waals surface area (Å²) in [4.78, 5) is 22.4. The van der Waals surface area contributed by atoms with Gasteiger partial charge in [-0.1, -0.05) is 6.07 Å². The van der Waals surface area contributed by atoms with Crippen LogP contribution in [0.25, 0.3) is 0 Å². The van der Waals surface area contributed by atoms with Crippen LogP contribution in [0, 0.1) is 12.7 Å². The van der Waals surface area contributed by atoms with Crippen molar-refractivity contribution in [2.75, 3.05) is 44.8 Å². The Morgan fingerprint density at radius 3 is 2.48 bits per heavy atom. The van der Waals surface area contributed by atoms with Crippen molar-refractivity contribution in [2.45, 2.75) is 19.5 Å². The van der Waals surface area contributed by atoms with Crippen LogP contribution in [-0.4, -0.2) is 59.5 Å². The summed E-state index contributed by atoms with van der Waals surface area (Å²) in [6.45, 7) is 5.33. The van der Waals surface area contributed by atoms with Gasteiger partial charge in [-0.2, -0.15) is 0 Å². The average molecular weight is 453 g/mol. The molecule has 4 rings (SSSR count). The number of aryl methyl sites for hydroxylation is 1. The maximum Gasteiger partial charge on any atom is 0.259 e. The molecule has 0 bridgehead atoms. The SMILES string of the molecule is COCCn1c(C)cc(O)c(C(c2ccccn2)N2CCN(c3ccc(F)cc3)CC2)c1=O. The van der Waals surface area contributed by atoms with E-state index >= 15 is 0 Å². The quantitative estimate of drug-likeness (QED) is 0.595. The zero-order valence-corrected chi connectivity index (χ0v) is 18.9. The van der Waals surface area contributed by atoms with Crippen LogP contribution in [0.4, 0.5) is 10.1 Å². The highest BCUT2D eigenvalue weighted by molar-refractivity contribution is 5.47. The van der Waals surface area contributed by atoms with Gasteiger partial charge in [0.15, 0.2) is 0 Å². The van der Waals surface area contributed by atoms with E-state index in [2.05, 4.69) is 14.8 Å². The molecule has 2 aromatic heterocycles. The summed E-state index contributed by atoms with van der Waals surface area (Å²) in [7, 11) is 1.60. The highest BCUT2D eigenvalue weighted by Gasteiger charge is 2.32. The largest absolute Gasteiger partial charge is 0.507 e. The summed E-state index contributed by atoms with van der Waals surface area (Å²) in [5.74, 6) is -0.282. The molecule has 8 heteroatoms. The van der Waals surface area contributed by atoms with E-state index < -0.39 is 6.04 Å². The monoisotopic (exact) mass is 452 g/mol. The van der Waals surface area contributed by atoms with E-state index in [4.69, 9.17) is 4.74 Å². The normalized spacial score (nSPS) is 15.5. The highest BCUT2D eigenvalue weighted by Crippen LogP contribution is 2.32. The van der Waals surface area contributed by atoms with Crippen LogP contribution in [0.3, 0.4) is 0 Å². The molecule has 1 fully saturated rings. The van der Waals surface area contributed by atoms with Gasteiger partial charge in [-0.05, 0) is 49.4 Å². The molecule has 1 saturated heterocycles. The number of benzene rings is 1. The van der Waals surface area contributed by atoms with Crippen LogP contribution in [-0.2, 0) is 11.3 Å². The summed E-state index contributed by atoms with van der Waals surface area (Å²) in [6, 6.07) is 13.2. The molecule has 174 valence electrons. The van der Waals surface area contributed by atoms with E-state index in [9.17, 15) is 14.3 Å². The zero-order valence-electron chi connectivity index (χ0n) is 18.9. The number of anilines is 1. The van der Waals surface area contributed by atoms with E-state index in [0.29, 0.717) is 56.3 Å². The third-order valence-electron chi connectivity index (χ3n) is 6.15. The molecule has 0 radical (unpaired) electrons. The Kier molecular flexibility index (Phi) is 7.05. The van der Waals surface area contributed by atoms with Gasteiger partial charge in [0.05, 0.1) is 23.9 Å². The molecular formula is C25H29FN4O3. The first-order chi connectivity index (χ1) is 16.0. The first-order valence-corrected chi connectivity index (χ1v) is 11.1. The van der Waals surface area contributed by atoms with Crippen LogP contribution in [0.2, 0.25) is 0 Å². The number of hydrogen-bond acceptors (Lipinski definition) is 6. The Hall–Kier alpha value is -3.23. The lowest BCUT2D eigenvalue weighted by molar-refractivity contribution is 0.183. The molecule has 1 aromatic carbocycles. The smallest absolute Gasteiger partial charge is 0.259 e. The van der Waals surface area contributed by atoms with Crippen molar-refractivity contribution in [1.82, 2.24) is 14.5 Å². The second-order valence-electron chi connectivity index (χ2n) is 8.19. The number of hydrogen-bond donors (Lipinski definition) is 1. The van der Waals surface area contributed by atoms with Crippen LogP contribution in [0.15, 0.2) is 59.5 Å². The van der Waals surface area contributed by atoms with Gasteiger partial charge < -0.3 is 19.3 Å². The predicted octanol–water partition coefficient (Wildman–Crippen LogP) is 2.95. The molecule has 1 unspecified atom stereocenters. The van der Waals surface area contributed by atoms with Gasteiger partial charge >= 0.3 is 0 Å². The van der Waals surface area contributed by atoms with Crippen LogP contribution in [0.1, 0.15) is 23.0 Å². The maximum atomic E-state index is 13.5. The molecule has 1 aliphatic heterocycles. The fourth-order valence-electron chi connectivity index (χ4n) is 4.43. The first-order valence-electron chi connectivity index (χ1n) is 11.1. The minimum atomic E-state index is -0.483. The summed E-state index contributed by atoms with van der Waals surface area (Å²) in [5, 5.41) is 10.9. The van der Waals surface area contributed by atoms with E-state index in [1.54, 1.807) is 43.0 Å². The Bertz CT molecular complexity index is 1130. The van der Waals surface area contributed by atoms with Gasteiger partial charge in [-0.3, -0.25) is 14.7 Å². The lowest BCUT2D eigenvalue weighted by Crippen LogP contribution is -2.49. The lowest BCUT2D eigenvalue weighted by Gasteiger charge is -2.40. The second-order valence-corrected chi connectivity index (χ2v) is 8.19. The lowest BCUT2D eigenvalue weighted by atomic mass is 9.99. The molecule has 3 aromatic rings. The standard InChI is InChI=1S/C25H29FN4O3/c1-18-17-22(31)23(25(32)30(18)15-16-33-2)24(21-5-3-4-10-27-21)29-13-11-28(12-14-29)20-8-6-19(26)7-9-20/h3-10,17,24,31H,11-16H2,1-2H3. The Labute approximate surface area is 192 Å². The van der Waals surface area contributed by atoms with E-state index in [1.165, 1.54) is 12.1 Å². The van der Waals surface area contributed by atoms with Crippen molar-refractivity contribution in [1.29, 1.82) is 0 Å². The minimum absolute atomic E-state index is 0.0252. The Morgan fingerprint density at radius 1 is 1.12 bits per heavy atom. The molecule has 1 N–H and O–H groups in total. The van der Waals surface area contributed by atoms with Crippen molar-refractivity contribution in [3.8, 4) is 5.75 Å². The number of halogens is 1. The molecule has 0 aliphatic carbocycles. The van der Waals surface area contributed by atoms with Gasteiger partial charge in [-0.25, -0.2) is 4.39 Å². The minimum Gasteiger partial charge on any atom is -0.507 e. The number of aromatic hydroxyl groups is 1. The van der Waals surface area contributed by atoms with Crippen molar-refractivity contribution in [3.63, 3.8) is 0 Å². The number of rotatable bonds is 7. The van der Waals surface area contributed by atoms with Crippen LogP contribution < -0.4 is 10.5 Å². The molecule has 1 atom stereocenters. The topological polar surface area (TPSA) is 70.8 Å². The number of piperazine rings is 1. The molecule has 33 heavy (non-hydrogen) atoms. The Balaban J connectivity index is 1.68. The van der Waals surface area contributed by atoms with Crippen molar-refractivity contribution in [2.24, 2.45) is 0 Å². The molecule has 0 amide bonds. The molecular weight excluding hydrogens is 423 g/mol. The fourth-order valence-corrected chi connectivity index (χ4v) is 4.43. The zero-order chi connectivity index (χ0) is 23.4. The molecule has 1 aliphatic rings. The van der Waals surface area contributed by atoms with Gasteiger partial charge in [0.25, 0.3) is 5.56 Å². The summed E-state index contributed by atoms with van der Waals surface area (Å²) >= 11 is 0. The molecule has 0 saturated carbocycles. The number of aromatic nitrogens is 2. The summed E-state index contributed by atoms with van der Waals surface area (Å²) in [5.41, 5.74) is 2.44. The van der Waals surface area contributed by atoms with Crippen molar-refractivity contribution in [3.05, 3.63) is 87.9 Å². The van der Waals surface area contributed by atoms with Gasteiger partial charge in [0.2, 0.25) is 0 Å². The Morgan fingerprint density at radius 2 is 1.85 bits per heavy atom. The third-order valence-corrected chi connectivity index (χ3v) is 6.15. The van der Waals surface area contributed by atoms with Gasteiger partial charge in [0.1, 0.15) is 11.6 Å². The van der Waals surface area contributed by atoms with Crippen LogP contribution >= 0.6 is 0 Å². The highest BCUT2D eigenvalue weighted by atomic mass is 19.1. The third kappa shape index (κ3) is 4.91. The van der Waals surface area contributed by atoms with E-state index in [0.717, 1.165) is 5.69 Å². The average Bonchev–Trinajstić information content (AvgIpc) is 2.83. The van der Waals surface area contributed by atoms with E-state index in [-0.39, 0.29) is 17.1 Å².